The van der Waals surface area contributed by atoms with Crippen molar-refractivity contribution in [1.29, 1.82) is 0 Å². The van der Waals surface area contributed by atoms with Crippen molar-refractivity contribution in [1.82, 2.24) is 10.3 Å². The third-order valence-electron chi connectivity index (χ3n) is 5.13. The average molecular weight is 328 g/mol. The summed E-state index contributed by atoms with van der Waals surface area (Å²) in [7, 11) is 0. The maximum atomic E-state index is 13.2. The van der Waals surface area contributed by atoms with Gasteiger partial charge in [0.25, 0.3) is 0 Å². The fraction of sp³-hybridized carbons (Fsp3) is 0.450. The summed E-state index contributed by atoms with van der Waals surface area (Å²) in [5.41, 5.74) is 3.19. The van der Waals surface area contributed by atoms with Gasteiger partial charge in [0.2, 0.25) is 5.91 Å². The van der Waals surface area contributed by atoms with Gasteiger partial charge in [-0.15, -0.1) is 0 Å². The van der Waals surface area contributed by atoms with Crippen LogP contribution in [0.15, 0.2) is 36.0 Å². The number of amides is 1. The number of halogens is 1. The van der Waals surface area contributed by atoms with E-state index in [0.29, 0.717) is 12.5 Å². The molecule has 0 unspecified atom stereocenters. The van der Waals surface area contributed by atoms with Crippen LogP contribution in [-0.2, 0) is 11.2 Å². The summed E-state index contributed by atoms with van der Waals surface area (Å²) in [6.07, 6.45) is 4.83. The number of fused-ring (bicyclic) bond motifs is 1. The van der Waals surface area contributed by atoms with Crippen LogP contribution in [0.1, 0.15) is 33.3 Å². The molecule has 3 rings (SSSR count). The Morgan fingerprint density at radius 1 is 1.38 bits per heavy atom. The van der Waals surface area contributed by atoms with Crippen molar-refractivity contribution < 1.29 is 9.18 Å². The van der Waals surface area contributed by atoms with Gasteiger partial charge >= 0.3 is 0 Å². The van der Waals surface area contributed by atoms with E-state index in [-0.39, 0.29) is 23.1 Å². The summed E-state index contributed by atoms with van der Waals surface area (Å²) < 4.78 is 13.2. The minimum atomic E-state index is -0.245. The highest BCUT2D eigenvalue weighted by Gasteiger charge is 2.60. The van der Waals surface area contributed by atoms with E-state index in [2.05, 4.69) is 44.1 Å². The van der Waals surface area contributed by atoms with Crippen LogP contribution in [0, 0.1) is 23.1 Å². The van der Waals surface area contributed by atoms with E-state index in [1.54, 1.807) is 6.07 Å². The molecule has 2 N–H and O–H groups in total. The van der Waals surface area contributed by atoms with E-state index >= 15 is 0 Å². The van der Waals surface area contributed by atoms with Crippen molar-refractivity contribution in [3.8, 4) is 0 Å². The van der Waals surface area contributed by atoms with E-state index < -0.39 is 0 Å². The van der Waals surface area contributed by atoms with Gasteiger partial charge in [-0.1, -0.05) is 25.5 Å². The Morgan fingerprint density at radius 3 is 2.83 bits per heavy atom. The maximum absolute atomic E-state index is 13.2. The molecule has 1 saturated carbocycles. The summed E-state index contributed by atoms with van der Waals surface area (Å²) in [5, 5.41) is 4.08. The second-order valence-corrected chi connectivity index (χ2v) is 7.61. The van der Waals surface area contributed by atoms with Crippen LogP contribution in [0.5, 0.6) is 0 Å². The van der Waals surface area contributed by atoms with Crippen LogP contribution in [0.2, 0.25) is 0 Å². The molecule has 128 valence electrons. The molecular formula is C20H25FN2O. The van der Waals surface area contributed by atoms with Crippen LogP contribution in [-0.4, -0.2) is 17.4 Å². The molecule has 1 aliphatic rings. The van der Waals surface area contributed by atoms with Gasteiger partial charge < -0.3 is 10.3 Å². The minimum Gasteiger partial charge on any atom is -0.361 e. The van der Waals surface area contributed by atoms with Gasteiger partial charge in [0.15, 0.2) is 0 Å². The van der Waals surface area contributed by atoms with Gasteiger partial charge in [0.05, 0.1) is 5.92 Å². The number of nitrogens with one attached hydrogen (secondary N) is 2. The Bertz CT molecular complexity index is 799. The summed E-state index contributed by atoms with van der Waals surface area (Å²) in [4.78, 5) is 15.5. The number of rotatable bonds is 5. The fourth-order valence-corrected chi connectivity index (χ4v) is 3.64. The Morgan fingerprint density at radius 2 is 2.12 bits per heavy atom. The molecule has 1 amide bonds. The van der Waals surface area contributed by atoms with E-state index in [0.717, 1.165) is 22.9 Å². The number of carbonyl (C=O) groups excluding carboxylic acids is 1. The minimum absolute atomic E-state index is 0.0413. The highest BCUT2D eigenvalue weighted by atomic mass is 19.1. The Labute approximate surface area is 142 Å². The topological polar surface area (TPSA) is 44.9 Å². The van der Waals surface area contributed by atoms with Crippen molar-refractivity contribution in [3.05, 3.63) is 47.4 Å². The molecule has 0 aliphatic heterocycles. The van der Waals surface area contributed by atoms with Gasteiger partial charge in [-0.3, -0.25) is 4.79 Å². The zero-order valence-corrected chi connectivity index (χ0v) is 14.7. The van der Waals surface area contributed by atoms with Crippen molar-refractivity contribution in [2.45, 2.75) is 34.1 Å². The first-order valence-electron chi connectivity index (χ1n) is 8.49. The summed E-state index contributed by atoms with van der Waals surface area (Å²) >= 11 is 0. The zero-order chi connectivity index (χ0) is 17.5. The maximum Gasteiger partial charge on any atom is 0.224 e. The second kappa shape index (κ2) is 6.08. The van der Waals surface area contributed by atoms with Gasteiger partial charge in [-0.05, 0) is 55.4 Å². The van der Waals surface area contributed by atoms with Crippen molar-refractivity contribution in [3.63, 3.8) is 0 Å². The Kier molecular flexibility index (Phi) is 4.24. The lowest BCUT2D eigenvalue weighted by Crippen LogP contribution is -2.28. The average Bonchev–Trinajstić information content (AvgIpc) is 2.84. The third-order valence-corrected chi connectivity index (χ3v) is 5.13. The molecule has 3 nitrogen and oxygen atoms in total. The Balaban J connectivity index is 1.58. The zero-order valence-electron chi connectivity index (χ0n) is 14.7. The molecular weight excluding hydrogens is 303 g/mol. The molecule has 4 heteroatoms. The summed E-state index contributed by atoms with van der Waals surface area (Å²) in [6, 6.07) is 4.75. The van der Waals surface area contributed by atoms with Gasteiger partial charge in [0, 0.05) is 23.6 Å². The Hall–Kier alpha value is -2.10. The monoisotopic (exact) mass is 328 g/mol. The largest absolute Gasteiger partial charge is 0.361 e. The molecule has 1 aliphatic carbocycles. The van der Waals surface area contributed by atoms with Crippen LogP contribution in [0.3, 0.4) is 0 Å². The number of hydrogen-bond donors (Lipinski definition) is 2. The lowest BCUT2D eigenvalue weighted by atomic mass is 10.1. The third kappa shape index (κ3) is 3.10. The van der Waals surface area contributed by atoms with Crippen LogP contribution < -0.4 is 5.32 Å². The molecule has 0 bridgehead atoms. The molecule has 1 aromatic heterocycles. The quantitative estimate of drug-likeness (QED) is 0.794. The highest BCUT2D eigenvalue weighted by molar-refractivity contribution is 5.84. The molecule has 0 saturated heterocycles. The summed E-state index contributed by atoms with van der Waals surface area (Å²) in [6.45, 7) is 9.04. The molecule has 1 heterocycles. The molecule has 1 aromatic carbocycles. The smallest absolute Gasteiger partial charge is 0.224 e. The number of benzene rings is 1. The van der Waals surface area contributed by atoms with Gasteiger partial charge in [-0.25, -0.2) is 4.39 Å². The number of aromatic amines is 1. The van der Waals surface area contributed by atoms with Crippen LogP contribution in [0.4, 0.5) is 4.39 Å². The van der Waals surface area contributed by atoms with Crippen molar-refractivity contribution >= 4 is 16.8 Å². The van der Waals surface area contributed by atoms with E-state index in [4.69, 9.17) is 0 Å². The molecule has 2 atom stereocenters. The van der Waals surface area contributed by atoms with Crippen LogP contribution in [0.25, 0.3) is 10.9 Å². The lowest BCUT2D eigenvalue weighted by molar-refractivity contribution is -0.123. The van der Waals surface area contributed by atoms with Crippen molar-refractivity contribution in [2.75, 3.05) is 6.54 Å². The molecule has 2 aromatic rings. The van der Waals surface area contributed by atoms with Gasteiger partial charge in [0.1, 0.15) is 5.82 Å². The predicted molar refractivity (Wildman–Crippen MR) is 95.2 cm³/mol. The number of H-pyrrole nitrogens is 1. The molecule has 1 fully saturated rings. The standard InChI is InChI=1S/C20H25FN2O/c1-12(2)9-16-18(20(16,3)4)19(24)22-8-7-13-11-23-17-10-14(21)5-6-15(13)17/h5-6,9-11,16,18,23H,7-8H2,1-4H3,(H,22,24)/t16-,18+/m0/s1. The molecule has 24 heavy (non-hydrogen) atoms. The van der Waals surface area contributed by atoms with Gasteiger partial charge in [-0.2, -0.15) is 0 Å². The number of allylic oxidation sites excluding steroid dienone is 2. The molecule has 0 spiro atoms. The van der Waals surface area contributed by atoms with E-state index in [1.807, 2.05) is 6.20 Å². The number of aromatic nitrogens is 1. The highest BCUT2D eigenvalue weighted by Crippen LogP contribution is 2.59. The normalized spacial score (nSPS) is 21.5. The van der Waals surface area contributed by atoms with Crippen LogP contribution >= 0.6 is 0 Å². The fourth-order valence-electron chi connectivity index (χ4n) is 3.64. The van der Waals surface area contributed by atoms with Crippen molar-refractivity contribution in [2.24, 2.45) is 17.3 Å². The SMILES string of the molecule is CC(C)=C[C@H]1[C@H](C(=O)NCCc2c[nH]c3cc(F)ccc23)C1(C)C. The first-order chi connectivity index (χ1) is 11.3. The second-order valence-electron chi connectivity index (χ2n) is 7.61. The summed E-state index contributed by atoms with van der Waals surface area (Å²) in [5.74, 6) is 0.280. The van der Waals surface area contributed by atoms with E-state index in [9.17, 15) is 9.18 Å². The lowest BCUT2D eigenvalue weighted by Gasteiger charge is -2.06. The first kappa shape index (κ1) is 16.7. The van der Waals surface area contributed by atoms with E-state index in [1.165, 1.54) is 17.7 Å². The number of hydrogen-bond acceptors (Lipinski definition) is 1. The molecule has 0 radical (unpaired) electrons. The first-order valence-corrected chi connectivity index (χ1v) is 8.49. The number of carbonyl (C=O) groups is 1. The predicted octanol–water partition coefficient (Wildman–Crippen LogP) is 4.20.